The third kappa shape index (κ3) is 2.99. The molecule has 1 fully saturated rings. The van der Waals surface area contributed by atoms with Gasteiger partial charge in [0.25, 0.3) is 5.56 Å². The van der Waals surface area contributed by atoms with Crippen LogP contribution in [0.1, 0.15) is 19.3 Å². The van der Waals surface area contributed by atoms with Gasteiger partial charge in [0.15, 0.2) is 0 Å². The molecule has 116 valence electrons. The standard InChI is InChI=1S/C15H19N5O2/c16-11-5-8-19(9-6-11)14(21)7-10-20-15(22)12-3-1-2-4-13(12)17-18-20/h1-4,11H,5-10,16H2. The van der Waals surface area contributed by atoms with Gasteiger partial charge >= 0.3 is 0 Å². The van der Waals surface area contributed by atoms with Crippen molar-refractivity contribution < 1.29 is 4.79 Å². The number of rotatable bonds is 3. The number of piperidine rings is 1. The quantitative estimate of drug-likeness (QED) is 0.869. The van der Waals surface area contributed by atoms with Crippen molar-refractivity contribution in [2.45, 2.75) is 31.8 Å². The third-order valence-electron chi connectivity index (χ3n) is 4.06. The molecule has 1 aliphatic rings. The summed E-state index contributed by atoms with van der Waals surface area (Å²) in [6, 6.07) is 7.26. The lowest BCUT2D eigenvalue weighted by Gasteiger charge is -2.30. The van der Waals surface area contributed by atoms with Crippen LogP contribution in [0.15, 0.2) is 29.1 Å². The number of nitrogens with two attached hydrogens (primary N) is 1. The molecule has 7 heteroatoms. The molecule has 1 saturated heterocycles. The summed E-state index contributed by atoms with van der Waals surface area (Å²) >= 11 is 0. The normalized spacial score (nSPS) is 16.1. The highest BCUT2D eigenvalue weighted by Crippen LogP contribution is 2.10. The molecule has 2 aromatic rings. The van der Waals surface area contributed by atoms with Crippen LogP contribution in [-0.4, -0.2) is 44.9 Å². The van der Waals surface area contributed by atoms with E-state index < -0.39 is 0 Å². The Balaban J connectivity index is 1.68. The molecule has 1 amide bonds. The summed E-state index contributed by atoms with van der Waals surface area (Å²) in [5, 5.41) is 8.44. The second kappa shape index (κ2) is 6.23. The molecular formula is C15H19N5O2. The average molecular weight is 301 g/mol. The lowest BCUT2D eigenvalue weighted by molar-refractivity contribution is -0.132. The van der Waals surface area contributed by atoms with Gasteiger partial charge in [-0.2, -0.15) is 0 Å². The van der Waals surface area contributed by atoms with E-state index >= 15 is 0 Å². The molecule has 1 aromatic carbocycles. The maximum Gasteiger partial charge on any atom is 0.277 e. The molecule has 0 radical (unpaired) electrons. The maximum atomic E-state index is 12.3. The van der Waals surface area contributed by atoms with Gasteiger partial charge in [0.2, 0.25) is 5.91 Å². The summed E-state index contributed by atoms with van der Waals surface area (Å²) in [5.74, 6) is 0.0359. The van der Waals surface area contributed by atoms with Crippen LogP contribution in [0.3, 0.4) is 0 Å². The number of hydrogen-bond acceptors (Lipinski definition) is 5. The van der Waals surface area contributed by atoms with Crippen molar-refractivity contribution in [1.29, 1.82) is 0 Å². The Morgan fingerprint density at radius 1 is 1.27 bits per heavy atom. The number of nitrogens with zero attached hydrogens (tertiary/aromatic N) is 4. The third-order valence-corrected chi connectivity index (χ3v) is 4.06. The molecule has 2 N–H and O–H groups in total. The number of fused-ring (bicyclic) bond motifs is 1. The van der Waals surface area contributed by atoms with Crippen LogP contribution in [0.25, 0.3) is 10.9 Å². The Morgan fingerprint density at radius 2 is 2.00 bits per heavy atom. The Bertz CT molecular complexity index is 734. The molecule has 3 rings (SSSR count). The van der Waals surface area contributed by atoms with Gasteiger partial charge in [0, 0.05) is 25.6 Å². The first kappa shape index (κ1) is 14.6. The SMILES string of the molecule is NC1CCN(C(=O)CCn2nnc3ccccc3c2=O)CC1. The fourth-order valence-electron chi connectivity index (χ4n) is 2.68. The first-order chi connectivity index (χ1) is 10.6. The number of carbonyl (C=O) groups excluding carboxylic acids is 1. The molecule has 0 unspecified atom stereocenters. The fourth-order valence-corrected chi connectivity index (χ4v) is 2.68. The van der Waals surface area contributed by atoms with Crippen molar-refractivity contribution in [3.05, 3.63) is 34.6 Å². The van der Waals surface area contributed by atoms with Crippen LogP contribution >= 0.6 is 0 Å². The lowest BCUT2D eigenvalue weighted by atomic mass is 10.1. The van der Waals surface area contributed by atoms with E-state index in [4.69, 9.17) is 5.73 Å². The van der Waals surface area contributed by atoms with E-state index in [2.05, 4.69) is 10.3 Å². The van der Waals surface area contributed by atoms with Crippen molar-refractivity contribution in [1.82, 2.24) is 19.9 Å². The topological polar surface area (TPSA) is 94.1 Å². The number of amides is 1. The number of aromatic nitrogens is 3. The molecule has 0 atom stereocenters. The second-order valence-corrected chi connectivity index (χ2v) is 5.60. The van der Waals surface area contributed by atoms with Crippen LogP contribution in [0.4, 0.5) is 0 Å². The Hall–Kier alpha value is -2.28. The highest BCUT2D eigenvalue weighted by atomic mass is 16.2. The van der Waals surface area contributed by atoms with E-state index in [0.717, 1.165) is 12.8 Å². The largest absolute Gasteiger partial charge is 0.343 e. The monoisotopic (exact) mass is 301 g/mol. The van der Waals surface area contributed by atoms with Crippen molar-refractivity contribution in [3.8, 4) is 0 Å². The predicted octanol–water partition coefficient (Wildman–Crippen LogP) is 0.131. The smallest absolute Gasteiger partial charge is 0.277 e. The molecule has 1 aromatic heterocycles. The minimum atomic E-state index is -0.209. The molecule has 1 aliphatic heterocycles. The molecule has 0 aliphatic carbocycles. The lowest BCUT2D eigenvalue weighted by Crippen LogP contribution is -2.43. The van der Waals surface area contributed by atoms with E-state index in [1.165, 1.54) is 4.68 Å². The van der Waals surface area contributed by atoms with Gasteiger partial charge in [-0.1, -0.05) is 17.3 Å². The Labute approximate surface area is 127 Å². The van der Waals surface area contributed by atoms with E-state index in [1.807, 2.05) is 11.0 Å². The van der Waals surface area contributed by atoms with Crippen LogP contribution in [0, 0.1) is 0 Å². The van der Waals surface area contributed by atoms with E-state index in [9.17, 15) is 9.59 Å². The zero-order chi connectivity index (χ0) is 15.5. The Morgan fingerprint density at radius 3 is 2.77 bits per heavy atom. The number of carbonyl (C=O) groups is 1. The minimum absolute atomic E-state index is 0.0359. The Kier molecular flexibility index (Phi) is 4.15. The summed E-state index contributed by atoms with van der Waals surface area (Å²) in [4.78, 5) is 26.3. The summed E-state index contributed by atoms with van der Waals surface area (Å²) < 4.78 is 1.26. The molecular weight excluding hydrogens is 282 g/mol. The predicted molar refractivity (Wildman–Crippen MR) is 82.2 cm³/mol. The molecule has 7 nitrogen and oxygen atoms in total. The highest BCUT2D eigenvalue weighted by molar-refractivity contribution is 5.77. The van der Waals surface area contributed by atoms with Crippen LogP contribution in [-0.2, 0) is 11.3 Å². The van der Waals surface area contributed by atoms with Gasteiger partial charge in [-0.3, -0.25) is 9.59 Å². The first-order valence-corrected chi connectivity index (χ1v) is 7.51. The first-order valence-electron chi connectivity index (χ1n) is 7.51. The van der Waals surface area contributed by atoms with Crippen LogP contribution < -0.4 is 11.3 Å². The summed E-state index contributed by atoms with van der Waals surface area (Å²) in [7, 11) is 0. The molecule has 0 saturated carbocycles. The van der Waals surface area contributed by atoms with E-state index in [1.54, 1.807) is 18.2 Å². The number of likely N-dealkylation sites (tertiary alicyclic amines) is 1. The van der Waals surface area contributed by atoms with Crippen molar-refractivity contribution in [2.24, 2.45) is 5.73 Å². The van der Waals surface area contributed by atoms with Gasteiger partial charge in [0.05, 0.1) is 11.9 Å². The summed E-state index contributed by atoms with van der Waals surface area (Å²) in [6.07, 6.45) is 1.92. The van der Waals surface area contributed by atoms with Gasteiger partial charge in [-0.05, 0) is 25.0 Å². The van der Waals surface area contributed by atoms with Crippen LogP contribution in [0.2, 0.25) is 0 Å². The molecule has 22 heavy (non-hydrogen) atoms. The number of benzene rings is 1. The van der Waals surface area contributed by atoms with Gasteiger partial charge in [-0.25, -0.2) is 4.68 Å². The van der Waals surface area contributed by atoms with Crippen LogP contribution in [0.5, 0.6) is 0 Å². The number of aryl methyl sites for hydroxylation is 1. The van der Waals surface area contributed by atoms with E-state index in [-0.39, 0.29) is 30.5 Å². The van der Waals surface area contributed by atoms with Gasteiger partial charge < -0.3 is 10.6 Å². The maximum absolute atomic E-state index is 12.3. The summed E-state index contributed by atoms with van der Waals surface area (Å²) in [5.41, 5.74) is 6.19. The van der Waals surface area contributed by atoms with Gasteiger partial charge in [0.1, 0.15) is 5.52 Å². The zero-order valence-electron chi connectivity index (χ0n) is 12.3. The summed E-state index contributed by atoms with van der Waals surface area (Å²) in [6.45, 7) is 1.63. The molecule has 2 heterocycles. The molecule has 0 spiro atoms. The van der Waals surface area contributed by atoms with Crippen molar-refractivity contribution in [3.63, 3.8) is 0 Å². The fraction of sp³-hybridized carbons (Fsp3) is 0.467. The number of hydrogen-bond donors (Lipinski definition) is 1. The van der Waals surface area contributed by atoms with Crippen molar-refractivity contribution >= 4 is 16.8 Å². The van der Waals surface area contributed by atoms with Gasteiger partial charge in [-0.15, -0.1) is 5.10 Å². The average Bonchev–Trinajstić information content (AvgIpc) is 2.55. The second-order valence-electron chi connectivity index (χ2n) is 5.60. The van der Waals surface area contributed by atoms with E-state index in [0.29, 0.717) is 24.0 Å². The highest BCUT2D eigenvalue weighted by Gasteiger charge is 2.20. The minimum Gasteiger partial charge on any atom is -0.343 e. The molecule has 0 bridgehead atoms. The zero-order valence-corrected chi connectivity index (χ0v) is 12.3. The van der Waals surface area contributed by atoms with Crippen molar-refractivity contribution in [2.75, 3.05) is 13.1 Å².